The number of Topliss-reactive ketones (excluding diaryl/α,β-unsaturated/α-hetero) is 1. The number of rotatable bonds is 12. The topological polar surface area (TPSA) is 183 Å². The average molecular weight is 565 g/mol. The highest BCUT2D eigenvalue weighted by atomic mass is 16.3. The molecule has 1 aliphatic heterocycles. The number of carbonyl (C=O) groups is 5. The molecule has 2 aliphatic rings. The van der Waals surface area contributed by atoms with Crippen LogP contribution < -0.4 is 27.0 Å². The maximum atomic E-state index is 13.9. The van der Waals surface area contributed by atoms with Gasteiger partial charge in [0.2, 0.25) is 17.6 Å². The highest BCUT2D eigenvalue weighted by molar-refractivity contribution is 6.38. The van der Waals surface area contributed by atoms with Gasteiger partial charge < -0.3 is 37.0 Å². The van der Waals surface area contributed by atoms with E-state index in [9.17, 15) is 29.1 Å². The quantitative estimate of drug-likeness (QED) is 0.113. The van der Waals surface area contributed by atoms with E-state index in [1.807, 2.05) is 27.7 Å². The van der Waals surface area contributed by atoms with Gasteiger partial charge in [-0.3, -0.25) is 19.2 Å². The average Bonchev–Trinajstić information content (AvgIpc) is 3.50. The lowest BCUT2D eigenvalue weighted by Gasteiger charge is -2.38. The second kappa shape index (κ2) is 13.1. The zero-order valence-corrected chi connectivity index (χ0v) is 24.9. The van der Waals surface area contributed by atoms with Gasteiger partial charge in [0.25, 0.3) is 5.91 Å². The first kappa shape index (κ1) is 33.2. The fraction of sp³-hybridized carbons (Fsp3) is 0.750. The second-order valence-corrected chi connectivity index (χ2v) is 13.1. The van der Waals surface area contributed by atoms with E-state index in [4.69, 9.17) is 5.73 Å². The van der Waals surface area contributed by atoms with Gasteiger partial charge >= 0.3 is 6.03 Å². The first-order chi connectivity index (χ1) is 18.4. The molecule has 0 aromatic heterocycles. The van der Waals surface area contributed by atoms with Crippen molar-refractivity contribution in [1.82, 2.24) is 26.2 Å². The van der Waals surface area contributed by atoms with Crippen LogP contribution in [-0.2, 0) is 19.2 Å². The molecule has 2 unspecified atom stereocenters. The third-order valence-electron chi connectivity index (χ3n) is 7.49. The molecule has 1 heterocycles. The molecule has 1 saturated carbocycles. The molecule has 226 valence electrons. The Kier molecular flexibility index (Phi) is 10.9. The normalized spacial score (nSPS) is 23.1. The molecule has 0 radical (unpaired) electrons. The maximum Gasteiger partial charge on any atom is 0.315 e. The molecule has 0 bridgehead atoms. The number of nitrogens with zero attached hydrogens (tertiary/aromatic N) is 1. The maximum absolute atomic E-state index is 13.9. The van der Waals surface area contributed by atoms with Gasteiger partial charge in [0.1, 0.15) is 18.3 Å². The molecular weight excluding hydrogens is 516 g/mol. The summed E-state index contributed by atoms with van der Waals surface area (Å²) in [4.78, 5) is 66.8. The van der Waals surface area contributed by atoms with E-state index in [1.165, 1.54) is 11.0 Å². The van der Waals surface area contributed by atoms with Gasteiger partial charge in [0, 0.05) is 13.1 Å². The molecule has 2 rings (SSSR count). The number of fused-ring (bicyclic) bond motifs is 1. The molecule has 0 aromatic carbocycles. The van der Waals surface area contributed by atoms with Gasteiger partial charge in [-0.05, 0) is 35.5 Å². The van der Waals surface area contributed by atoms with Crippen molar-refractivity contribution in [2.75, 3.05) is 13.1 Å². The summed E-state index contributed by atoms with van der Waals surface area (Å²) in [6, 6.07) is -4.27. The number of likely N-dealkylation sites (tertiary alicyclic amines) is 1. The lowest BCUT2D eigenvalue weighted by molar-refractivity contribution is -0.144. The number of hydrogen-bond donors (Lipinski definition) is 6. The van der Waals surface area contributed by atoms with E-state index in [-0.39, 0.29) is 24.8 Å². The predicted molar refractivity (Wildman–Crippen MR) is 150 cm³/mol. The lowest BCUT2D eigenvalue weighted by Crippen LogP contribution is -2.63. The van der Waals surface area contributed by atoms with Gasteiger partial charge in [-0.15, -0.1) is 6.58 Å². The zero-order chi connectivity index (χ0) is 30.6. The summed E-state index contributed by atoms with van der Waals surface area (Å²) in [6.45, 7) is 16.7. The number of aliphatic hydroxyl groups is 1. The largest absolute Gasteiger partial charge is 0.377 e. The van der Waals surface area contributed by atoms with Crippen molar-refractivity contribution in [3.8, 4) is 0 Å². The number of nitrogens with one attached hydrogen (secondary N) is 4. The predicted octanol–water partition coefficient (Wildman–Crippen LogP) is 0.395. The number of carbonyl (C=O) groups excluding carboxylic acids is 5. The molecule has 0 aromatic rings. The molecule has 7 N–H and O–H groups in total. The van der Waals surface area contributed by atoms with Gasteiger partial charge in [0.15, 0.2) is 0 Å². The van der Waals surface area contributed by atoms with Crippen LogP contribution >= 0.6 is 0 Å². The monoisotopic (exact) mass is 564 g/mol. The van der Waals surface area contributed by atoms with E-state index in [0.717, 1.165) is 6.42 Å². The molecule has 7 atom stereocenters. The van der Waals surface area contributed by atoms with Crippen LogP contribution in [0.4, 0.5) is 4.79 Å². The fourth-order valence-electron chi connectivity index (χ4n) is 5.20. The second-order valence-electron chi connectivity index (χ2n) is 13.1. The minimum absolute atomic E-state index is 0.0528. The van der Waals surface area contributed by atoms with Crippen LogP contribution in [0.2, 0.25) is 0 Å². The first-order valence-electron chi connectivity index (χ1n) is 14.0. The van der Waals surface area contributed by atoms with Crippen molar-refractivity contribution >= 4 is 29.5 Å². The Hall–Kier alpha value is -2.99. The van der Waals surface area contributed by atoms with Crippen molar-refractivity contribution < 1.29 is 29.1 Å². The Labute approximate surface area is 237 Å². The molecule has 12 heteroatoms. The third kappa shape index (κ3) is 8.26. The van der Waals surface area contributed by atoms with Crippen LogP contribution in [0.3, 0.4) is 0 Å². The van der Waals surface area contributed by atoms with Crippen molar-refractivity contribution in [2.24, 2.45) is 28.4 Å². The van der Waals surface area contributed by atoms with E-state index >= 15 is 0 Å². The number of aliphatic hydroxyl groups excluding tert-OH is 1. The number of nitrogens with two attached hydrogens (primary N) is 1. The number of amides is 5. The molecule has 1 saturated heterocycles. The third-order valence-corrected chi connectivity index (χ3v) is 7.49. The van der Waals surface area contributed by atoms with Crippen LogP contribution in [0.1, 0.15) is 67.7 Å². The van der Waals surface area contributed by atoms with Crippen LogP contribution in [0.5, 0.6) is 0 Å². The van der Waals surface area contributed by atoms with E-state index in [0.29, 0.717) is 13.0 Å². The Morgan fingerprint density at radius 3 is 2.17 bits per heavy atom. The number of urea groups is 1. The van der Waals surface area contributed by atoms with Crippen molar-refractivity contribution in [2.45, 2.75) is 98.1 Å². The van der Waals surface area contributed by atoms with Gasteiger partial charge in [0.05, 0.1) is 12.1 Å². The van der Waals surface area contributed by atoms with Crippen molar-refractivity contribution in [3.05, 3.63) is 12.7 Å². The lowest BCUT2D eigenvalue weighted by atomic mass is 9.85. The highest BCUT2D eigenvalue weighted by Crippen LogP contribution is 2.50. The Morgan fingerprint density at radius 2 is 1.68 bits per heavy atom. The zero-order valence-electron chi connectivity index (χ0n) is 24.9. The molecule has 2 fully saturated rings. The highest BCUT2D eigenvalue weighted by Gasteiger charge is 2.58. The standard InChI is InChI=1S/C28H48N6O6/c1-9-11-17(19(35)24(38)30-12-10-2)31-23(37)18-16-13-15(16)14-34(18)25(39)21(28(6,7)8)33-26(40)32-20(22(29)36)27(3,4)5/h10,15-18,20-22,36H,2,9,11-14,29H2,1,3-8H3,(H,30,38)(H,31,37)(H2,32,33,40)/t15-,16-,17?,18-,20+,21+,22?/m0/s1. The molecular formula is C28H48N6O6. The summed E-state index contributed by atoms with van der Waals surface area (Å²) in [7, 11) is 0. The van der Waals surface area contributed by atoms with E-state index < -0.39 is 70.8 Å². The summed E-state index contributed by atoms with van der Waals surface area (Å²) in [6.07, 6.45) is 1.75. The molecule has 0 spiro atoms. The minimum atomic E-state index is -1.31. The fourth-order valence-corrected chi connectivity index (χ4v) is 5.20. The SMILES string of the molecule is C=CCNC(=O)C(=O)C(CCC)NC(=O)[C@@H]1[C@H]2C[C@H]2CN1C(=O)[C@@H](NC(=O)N[C@H](C(N)O)C(C)(C)C)C(C)(C)C. The summed E-state index contributed by atoms with van der Waals surface area (Å²) in [5, 5.41) is 20.6. The van der Waals surface area contributed by atoms with Crippen LogP contribution in [0, 0.1) is 22.7 Å². The van der Waals surface area contributed by atoms with E-state index in [1.54, 1.807) is 20.8 Å². The number of piperidine rings is 1. The molecule has 12 nitrogen and oxygen atoms in total. The van der Waals surface area contributed by atoms with Crippen LogP contribution in [-0.4, -0.2) is 83.0 Å². The summed E-state index contributed by atoms with van der Waals surface area (Å²) >= 11 is 0. The van der Waals surface area contributed by atoms with Crippen LogP contribution in [0.25, 0.3) is 0 Å². The Morgan fingerprint density at radius 1 is 1.05 bits per heavy atom. The number of hydrogen-bond acceptors (Lipinski definition) is 7. The summed E-state index contributed by atoms with van der Waals surface area (Å²) in [5.74, 6) is -2.36. The van der Waals surface area contributed by atoms with Gasteiger partial charge in [-0.25, -0.2) is 4.79 Å². The molecule has 5 amide bonds. The van der Waals surface area contributed by atoms with E-state index in [2.05, 4.69) is 27.8 Å². The number of ketones is 1. The molecule has 40 heavy (non-hydrogen) atoms. The Bertz CT molecular complexity index is 985. The Balaban J connectivity index is 2.22. The van der Waals surface area contributed by atoms with Gasteiger partial charge in [-0.2, -0.15) is 0 Å². The molecule has 1 aliphatic carbocycles. The minimum Gasteiger partial charge on any atom is -0.377 e. The van der Waals surface area contributed by atoms with Crippen LogP contribution in [0.15, 0.2) is 12.7 Å². The van der Waals surface area contributed by atoms with Gasteiger partial charge in [-0.1, -0.05) is 61.0 Å². The smallest absolute Gasteiger partial charge is 0.315 e. The van der Waals surface area contributed by atoms with Crippen molar-refractivity contribution in [3.63, 3.8) is 0 Å². The first-order valence-corrected chi connectivity index (χ1v) is 14.0. The summed E-state index contributed by atoms with van der Waals surface area (Å²) in [5.41, 5.74) is 4.41. The summed E-state index contributed by atoms with van der Waals surface area (Å²) < 4.78 is 0. The van der Waals surface area contributed by atoms with Crippen molar-refractivity contribution in [1.29, 1.82) is 0 Å².